The Morgan fingerprint density at radius 3 is 2.74 bits per heavy atom. The molecular weight excluding hydrogens is 236 g/mol. The maximum absolute atomic E-state index is 9.61. The summed E-state index contributed by atoms with van der Waals surface area (Å²) in [6.45, 7) is 4.66. The van der Waals surface area contributed by atoms with Crippen LogP contribution in [0.3, 0.4) is 0 Å². The normalized spacial score (nSPS) is 12.2. The van der Waals surface area contributed by atoms with E-state index in [1.165, 1.54) is 11.1 Å². The summed E-state index contributed by atoms with van der Waals surface area (Å²) in [6, 6.07) is 12.2. The zero-order valence-corrected chi connectivity index (χ0v) is 11.7. The van der Waals surface area contributed by atoms with Gasteiger partial charge in [0.05, 0.1) is 6.10 Å². The van der Waals surface area contributed by atoms with Gasteiger partial charge in [-0.2, -0.15) is 0 Å². The average Bonchev–Trinajstić information content (AvgIpc) is 2.39. The number of benzene rings is 1. The summed E-state index contributed by atoms with van der Waals surface area (Å²) in [5.41, 5.74) is 3.41. The minimum absolute atomic E-state index is 0.464. The molecule has 0 aliphatic rings. The fourth-order valence-corrected chi connectivity index (χ4v) is 2.07. The predicted octanol–water partition coefficient (Wildman–Crippen LogP) is 3.08. The highest BCUT2D eigenvalue weighted by atomic mass is 16.3. The van der Waals surface area contributed by atoms with Crippen molar-refractivity contribution in [2.24, 2.45) is 0 Å². The number of anilines is 1. The van der Waals surface area contributed by atoms with Crippen molar-refractivity contribution in [2.75, 3.05) is 11.9 Å². The zero-order chi connectivity index (χ0) is 13.8. The fourth-order valence-electron chi connectivity index (χ4n) is 2.07. The molecule has 0 spiro atoms. The van der Waals surface area contributed by atoms with Gasteiger partial charge >= 0.3 is 0 Å². The molecule has 1 atom stereocenters. The van der Waals surface area contributed by atoms with E-state index < -0.39 is 6.10 Å². The number of aryl methyl sites for hydroxylation is 1. The summed E-state index contributed by atoms with van der Waals surface area (Å²) in [4.78, 5) is 6.44. The highest BCUT2D eigenvalue weighted by Crippen LogP contribution is 2.18. The van der Waals surface area contributed by atoms with Crippen LogP contribution in [0, 0.1) is 6.92 Å². The summed E-state index contributed by atoms with van der Waals surface area (Å²) >= 11 is 0. The minimum atomic E-state index is -0.464. The highest BCUT2D eigenvalue weighted by molar-refractivity contribution is 5.41. The fraction of sp³-hybridized carbons (Fsp3) is 0.312. The van der Waals surface area contributed by atoms with E-state index in [-0.39, 0.29) is 0 Å². The molecule has 100 valence electrons. The third-order valence-corrected chi connectivity index (χ3v) is 3.15. The molecule has 0 aliphatic heterocycles. The number of hydrogen-bond acceptors (Lipinski definition) is 3. The van der Waals surface area contributed by atoms with E-state index in [0.717, 1.165) is 17.9 Å². The quantitative estimate of drug-likeness (QED) is 0.913. The molecule has 0 radical (unpaired) electrons. The van der Waals surface area contributed by atoms with Crippen LogP contribution < -0.4 is 4.90 Å². The molecule has 1 aromatic carbocycles. The summed E-state index contributed by atoms with van der Waals surface area (Å²) in [7, 11) is 2.01. The van der Waals surface area contributed by atoms with Crippen LogP contribution >= 0.6 is 0 Å². The number of rotatable bonds is 4. The summed E-state index contributed by atoms with van der Waals surface area (Å²) in [5.74, 6) is 0.875. The molecule has 3 heteroatoms. The van der Waals surface area contributed by atoms with Gasteiger partial charge in [-0.15, -0.1) is 0 Å². The van der Waals surface area contributed by atoms with Gasteiger partial charge in [0.15, 0.2) is 0 Å². The van der Waals surface area contributed by atoms with Crippen LogP contribution in [0.4, 0.5) is 5.82 Å². The first-order chi connectivity index (χ1) is 9.06. The molecule has 2 aromatic rings. The Hall–Kier alpha value is -1.87. The molecule has 2 rings (SSSR count). The lowest BCUT2D eigenvalue weighted by Gasteiger charge is -2.19. The molecule has 1 heterocycles. The molecule has 1 N–H and O–H groups in total. The van der Waals surface area contributed by atoms with Gasteiger partial charge in [-0.1, -0.05) is 29.8 Å². The maximum atomic E-state index is 9.61. The van der Waals surface area contributed by atoms with Crippen LogP contribution in [-0.4, -0.2) is 17.1 Å². The van der Waals surface area contributed by atoms with E-state index in [0.29, 0.717) is 0 Å². The van der Waals surface area contributed by atoms with Gasteiger partial charge in [0.2, 0.25) is 0 Å². The molecule has 0 aliphatic carbocycles. The number of aromatic nitrogens is 1. The van der Waals surface area contributed by atoms with Crippen LogP contribution in [0.1, 0.15) is 29.7 Å². The standard InChI is InChI=1S/C16H20N2O/c1-12-5-4-6-14(9-12)11-18(3)16-10-15(13(2)19)7-8-17-16/h4-10,13,19H,11H2,1-3H3/t13-/m0/s1. The predicted molar refractivity (Wildman–Crippen MR) is 78.2 cm³/mol. The van der Waals surface area contributed by atoms with Crippen molar-refractivity contribution in [3.8, 4) is 0 Å². The van der Waals surface area contributed by atoms with Crippen molar-refractivity contribution in [3.05, 3.63) is 59.3 Å². The van der Waals surface area contributed by atoms with Crippen LogP contribution in [0.25, 0.3) is 0 Å². The van der Waals surface area contributed by atoms with Crippen molar-refractivity contribution in [2.45, 2.75) is 26.5 Å². The lowest BCUT2D eigenvalue weighted by Crippen LogP contribution is -2.18. The van der Waals surface area contributed by atoms with Gasteiger partial charge in [0.1, 0.15) is 5.82 Å². The lowest BCUT2D eigenvalue weighted by molar-refractivity contribution is 0.199. The summed E-state index contributed by atoms with van der Waals surface area (Å²) in [6.07, 6.45) is 1.28. The van der Waals surface area contributed by atoms with E-state index in [1.54, 1.807) is 13.1 Å². The SMILES string of the molecule is Cc1cccc(CN(C)c2cc([C@H](C)O)ccn2)c1. The molecular formula is C16H20N2O. The van der Waals surface area contributed by atoms with E-state index in [2.05, 4.69) is 41.1 Å². The third kappa shape index (κ3) is 3.55. The van der Waals surface area contributed by atoms with Gasteiger partial charge in [0.25, 0.3) is 0 Å². The number of aliphatic hydroxyl groups is 1. The Morgan fingerprint density at radius 1 is 1.26 bits per heavy atom. The first kappa shape index (κ1) is 13.6. The third-order valence-electron chi connectivity index (χ3n) is 3.15. The smallest absolute Gasteiger partial charge is 0.128 e. The molecule has 1 aromatic heterocycles. The Kier molecular flexibility index (Phi) is 4.17. The van der Waals surface area contributed by atoms with Gasteiger partial charge in [-0.25, -0.2) is 4.98 Å². The molecule has 19 heavy (non-hydrogen) atoms. The molecule has 0 saturated heterocycles. The molecule has 3 nitrogen and oxygen atoms in total. The molecule has 0 amide bonds. The highest BCUT2D eigenvalue weighted by Gasteiger charge is 2.07. The maximum Gasteiger partial charge on any atom is 0.128 e. The van der Waals surface area contributed by atoms with Crippen LogP contribution in [0.2, 0.25) is 0 Å². The first-order valence-corrected chi connectivity index (χ1v) is 6.47. The second-order valence-electron chi connectivity index (χ2n) is 4.97. The van der Waals surface area contributed by atoms with Crippen LogP contribution in [0.15, 0.2) is 42.6 Å². The van der Waals surface area contributed by atoms with Crippen molar-refractivity contribution in [1.29, 1.82) is 0 Å². The minimum Gasteiger partial charge on any atom is -0.389 e. The van der Waals surface area contributed by atoms with Gasteiger partial charge in [0, 0.05) is 19.8 Å². The molecule has 0 bridgehead atoms. The second-order valence-corrected chi connectivity index (χ2v) is 4.97. The topological polar surface area (TPSA) is 36.4 Å². The summed E-state index contributed by atoms with van der Waals surface area (Å²) < 4.78 is 0. The largest absolute Gasteiger partial charge is 0.389 e. The average molecular weight is 256 g/mol. The zero-order valence-electron chi connectivity index (χ0n) is 11.7. The van der Waals surface area contributed by atoms with E-state index >= 15 is 0 Å². The van der Waals surface area contributed by atoms with E-state index in [9.17, 15) is 5.11 Å². The van der Waals surface area contributed by atoms with Crippen molar-refractivity contribution >= 4 is 5.82 Å². The molecule has 0 saturated carbocycles. The van der Waals surface area contributed by atoms with Crippen molar-refractivity contribution < 1.29 is 5.11 Å². The lowest BCUT2D eigenvalue weighted by atomic mass is 10.1. The van der Waals surface area contributed by atoms with Crippen molar-refractivity contribution in [1.82, 2.24) is 4.98 Å². The van der Waals surface area contributed by atoms with E-state index in [4.69, 9.17) is 0 Å². The Morgan fingerprint density at radius 2 is 2.05 bits per heavy atom. The first-order valence-electron chi connectivity index (χ1n) is 6.47. The Labute approximate surface area is 114 Å². The second kappa shape index (κ2) is 5.85. The molecule has 0 unspecified atom stereocenters. The van der Waals surface area contributed by atoms with Crippen molar-refractivity contribution in [3.63, 3.8) is 0 Å². The number of nitrogens with zero attached hydrogens (tertiary/aromatic N) is 2. The van der Waals surface area contributed by atoms with E-state index in [1.807, 2.05) is 19.2 Å². The van der Waals surface area contributed by atoms with Crippen LogP contribution in [0.5, 0.6) is 0 Å². The van der Waals surface area contributed by atoms with Gasteiger partial charge in [-0.05, 0) is 37.1 Å². The van der Waals surface area contributed by atoms with Crippen LogP contribution in [-0.2, 0) is 6.54 Å². The van der Waals surface area contributed by atoms with Gasteiger partial charge in [-0.3, -0.25) is 0 Å². The number of aliphatic hydroxyl groups excluding tert-OH is 1. The number of pyridine rings is 1. The molecule has 0 fully saturated rings. The Bertz CT molecular complexity index is 552. The summed E-state index contributed by atoms with van der Waals surface area (Å²) in [5, 5.41) is 9.61. The number of hydrogen-bond donors (Lipinski definition) is 1. The monoisotopic (exact) mass is 256 g/mol. The Balaban J connectivity index is 2.15. The van der Waals surface area contributed by atoms with Gasteiger partial charge < -0.3 is 10.0 Å².